The Morgan fingerprint density at radius 1 is 1.62 bits per heavy atom. The summed E-state index contributed by atoms with van der Waals surface area (Å²) in [7, 11) is 0. The SMILES string of the molecule is CC1C=CC(F)(F)C1. The average Bonchev–Trinajstić information content (AvgIpc) is 1.82. The van der Waals surface area contributed by atoms with E-state index in [9.17, 15) is 8.78 Å². The van der Waals surface area contributed by atoms with Crippen molar-refractivity contribution in [1.29, 1.82) is 0 Å². The van der Waals surface area contributed by atoms with Crippen LogP contribution in [-0.2, 0) is 0 Å². The number of hydrogen-bond acceptors (Lipinski definition) is 0. The van der Waals surface area contributed by atoms with Crippen LogP contribution in [0, 0.1) is 5.92 Å². The van der Waals surface area contributed by atoms with E-state index in [1.165, 1.54) is 0 Å². The highest BCUT2D eigenvalue weighted by molar-refractivity contribution is 5.05. The van der Waals surface area contributed by atoms with Gasteiger partial charge in [-0.3, -0.25) is 0 Å². The molecule has 0 aromatic carbocycles. The lowest BCUT2D eigenvalue weighted by Gasteiger charge is -2.04. The first kappa shape index (κ1) is 5.73. The van der Waals surface area contributed by atoms with Gasteiger partial charge in [0.2, 0.25) is 0 Å². The fourth-order valence-electron chi connectivity index (χ4n) is 0.870. The Balaban J connectivity index is 2.58. The molecule has 0 radical (unpaired) electrons. The van der Waals surface area contributed by atoms with Gasteiger partial charge in [-0.1, -0.05) is 13.0 Å². The molecule has 46 valence electrons. The van der Waals surface area contributed by atoms with Crippen molar-refractivity contribution in [3.05, 3.63) is 12.2 Å². The van der Waals surface area contributed by atoms with E-state index in [1.54, 1.807) is 13.0 Å². The quantitative estimate of drug-likeness (QED) is 0.428. The van der Waals surface area contributed by atoms with Crippen molar-refractivity contribution in [3.8, 4) is 0 Å². The summed E-state index contributed by atoms with van der Waals surface area (Å²) in [5, 5.41) is 0. The Bertz CT molecular complexity index is 116. The van der Waals surface area contributed by atoms with Crippen LogP contribution in [0.15, 0.2) is 12.2 Å². The molecule has 1 aliphatic rings. The number of hydrogen-bond donors (Lipinski definition) is 0. The second-order valence-corrected chi connectivity index (χ2v) is 2.30. The van der Waals surface area contributed by atoms with Gasteiger partial charge in [-0.05, 0) is 12.0 Å². The first-order valence-electron chi connectivity index (χ1n) is 2.67. The highest BCUT2D eigenvalue weighted by Gasteiger charge is 2.31. The van der Waals surface area contributed by atoms with Gasteiger partial charge < -0.3 is 0 Å². The molecule has 2 heteroatoms. The lowest BCUT2D eigenvalue weighted by atomic mass is 10.1. The normalized spacial score (nSPS) is 33.6. The van der Waals surface area contributed by atoms with Crippen molar-refractivity contribution < 1.29 is 8.78 Å². The van der Waals surface area contributed by atoms with E-state index in [0.29, 0.717) is 0 Å². The third kappa shape index (κ3) is 1.05. The van der Waals surface area contributed by atoms with Crippen LogP contribution in [0.25, 0.3) is 0 Å². The molecule has 8 heavy (non-hydrogen) atoms. The van der Waals surface area contributed by atoms with Crippen molar-refractivity contribution >= 4 is 0 Å². The molecule has 0 fully saturated rings. The zero-order chi connectivity index (χ0) is 6.20. The molecule has 0 saturated heterocycles. The van der Waals surface area contributed by atoms with Crippen LogP contribution in [0.4, 0.5) is 8.78 Å². The first-order valence-corrected chi connectivity index (χ1v) is 2.67. The zero-order valence-electron chi connectivity index (χ0n) is 4.70. The fourth-order valence-corrected chi connectivity index (χ4v) is 0.870. The first-order chi connectivity index (χ1) is 3.60. The maximum Gasteiger partial charge on any atom is 0.267 e. The molecule has 0 amide bonds. The third-order valence-electron chi connectivity index (χ3n) is 1.26. The van der Waals surface area contributed by atoms with E-state index < -0.39 is 5.92 Å². The van der Waals surface area contributed by atoms with Crippen molar-refractivity contribution in [2.24, 2.45) is 5.92 Å². The van der Waals surface area contributed by atoms with Crippen molar-refractivity contribution in [1.82, 2.24) is 0 Å². The molecule has 0 N–H and O–H groups in total. The van der Waals surface area contributed by atoms with E-state index in [-0.39, 0.29) is 12.3 Å². The third-order valence-corrected chi connectivity index (χ3v) is 1.26. The maximum absolute atomic E-state index is 12.1. The van der Waals surface area contributed by atoms with Crippen LogP contribution in [0.3, 0.4) is 0 Å². The summed E-state index contributed by atoms with van der Waals surface area (Å²) in [6, 6.07) is 0. The van der Waals surface area contributed by atoms with Crippen LogP contribution in [0.5, 0.6) is 0 Å². The molecular weight excluding hydrogens is 110 g/mol. The summed E-state index contributed by atoms with van der Waals surface area (Å²) >= 11 is 0. The molecule has 1 unspecified atom stereocenters. The van der Waals surface area contributed by atoms with E-state index in [1.807, 2.05) is 0 Å². The summed E-state index contributed by atoms with van der Waals surface area (Å²) in [6.07, 6.45) is 2.53. The standard InChI is InChI=1S/C6H8F2/c1-5-2-3-6(7,8)4-5/h2-3,5H,4H2,1H3. The topological polar surface area (TPSA) is 0 Å². The van der Waals surface area contributed by atoms with Gasteiger partial charge in [0.15, 0.2) is 0 Å². The molecule has 0 heterocycles. The Morgan fingerprint density at radius 2 is 2.25 bits per heavy atom. The van der Waals surface area contributed by atoms with Gasteiger partial charge in [-0.15, -0.1) is 0 Å². The minimum Gasteiger partial charge on any atom is -0.202 e. The Kier molecular flexibility index (Phi) is 1.10. The summed E-state index contributed by atoms with van der Waals surface area (Å²) in [4.78, 5) is 0. The number of rotatable bonds is 0. The van der Waals surface area contributed by atoms with Gasteiger partial charge in [-0.2, -0.15) is 0 Å². The lowest BCUT2D eigenvalue weighted by molar-refractivity contribution is 0.0475. The van der Waals surface area contributed by atoms with Crippen molar-refractivity contribution in [3.63, 3.8) is 0 Å². The van der Waals surface area contributed by atoms with Gasteiger partial charge in [-0.25, -0.2) is 8.78 Å². The highest BCUT2D eigenvalue weighted by atomic mass is 19.3. The fraction of sp³-hybridized carbons (Fsp3) is 0.667. The predicted octanol–water partition coefficient (Wildman–Crippen LogP) is 2.22. The predicted molar refractivity (Wildman–Crippen MR) is 27.9 cm³/mol. The summed E-state index contributed by atoms with van der Waals surface area (Å²) in [6.45, 7) is 1.79. The molecule has 0 aromatic heterocycles. The zero-order valence-corrected chi connectivity index (χ0v) is 4.70. The Hall–Kier alpha value is -0.400. The largest absolute Gasteiger partial charge is 0.267 e. The van der Waals surface area contributed by atoms with Crippen LogP contribution < -0.4 is 0 Å². The minimum absolute atomic E-state index is 0.00694. The number of halogens is 2. The van der Waals surface area contributed by atoms with Crippen LogP contribution >= 0.6 is 0 Å². The Labute approximate surface area is 47.2 Å². The molecule has 1 aliphatic carbocycles. The van der Waals surface area contributed by atoms with Crippen LogP contribution in [0.1, 0.15) is 13.3 Å². The minimum atomic E-state index is -2.51. The highest BCUT2D eigenvalue weighted by Crippen LogP contribution is 2.31. The summed E-state index contributed by atoms with van der Waals surface area (Å²) in [5.74, 6) is -2.45. The number of allylic oxidation sites excluding steroid dienone is 2. The molecule has 0 aromatic rings. The molecular formula is C6H8F2. The van der Waals surface area contributed by atoms with Crippen molar-refractivity contribution in [2.75, 3.05) is 0 Å². The molecule has 0 aliphatic heterocycles. The molecule has 0 saturated carbocycles. The second-order valence-electron chi connectivity index (χ2n) is 2.30. The summed E-state index contributed by atoms with van der Waals surface area (Å²) in [5.41, 5.74) is 0. The van der Waals surface area contributed by atoms with Crippen LogP contribution in [-0.4, -0.2) is 5.92 Å². The smallest absolute Gasteiger partial charge is 0.202 e. The maximum atomic E-state index is 12.1. The summed E-state index contributed by atoms with van der Waals surface area (Å²) < 4.78 is 24.2. The van der Waals surface area contributed by atoms with Crippen LogP contribution in [0.2, 0.25) is 0 Å². The molecule has 0 nitrogen and oxygen atoms in total. The lowest BCUT2D eigenvalue weighted by Crippen LogP contribution is -2.08. The van der Waals surface area contributed by atoms with E-state index in [4.69, 9.17) is 0 Å². The van der Waals surface area contributed by atoms with E-state index in [2.05, 4.69) is 0 Å². The molecule has 0 spiro atoms. The van der Waals surface area contributed by atoms with Gasteiger partial charge in [0.05, 0.1) is 0 Å². The molecule has 1 atom stereocenters. The van der Waals surface area contributed by atoms with E-state index in [0.717, 1.165) is 6.08 Å². The second kappa shape index (κ2) is 1.54. The monoisotopic (exact) mass is 118 g/mol. The Morgan fingerprint density at radius 3 is 2.38 bits per heavy atom. The molecule has 1 rings (SSSR count). The number of alkyl halides is 2. The van der Waals surface area contributed by atoms with Gasteiger partial charge in [0.25, 0.3) is 5.92 Å². The van der Waals surface area contributed by atoms with Gasteiger partial charge >= 0.3 is 0 Å². The van der Waals surface area contributed by atoms with Crippen molar-refractivity contribution in [2.45, 2.75) is 19.3 Å². The van der Waals surface area contributed by atoms with E-state index >= 15 is 0 Å². The van der Waals surface area contributed by atoms with Gasteiger partial charge in [0, 0.05) is 6.42 Å². The average molecular weight is 118 g/mol. The molecule has 0 bridgehead atoms. The van der Waals surface area contributed by atoms with Gasteiger partial charge in [0.1, 0.15) is 0 Å².